The molecule has 270 valence electrons. The van der Waals surface area contributed by atoms with Gasteiger partial charge in [0.05, 0.1) is 43.1 Å². The van der Waals surface area contributed by atoms with Gasteiger partial charge in [-0.25, -0.2) is 4.90 Å². The monoisotopic (exact) mass is 732 g/mol. The van der Waals surface area contributed by atoms with E-state index >= 15 is 4.79 Å². The van der Waals surface area contributed by atoms with Crippen LogP contribution in [0.4, 0.5) is 5.69 Å². The zero-order chi connectivity index (χ0) is 37.2. The molecule has 53 heavy (non-hydrogen) atoms. The van der Waals surface area contributed by atoms with E-state index in [-0.39, 0.29) is 54.0 Å². The number of hydrogen-bond acceptors (Lipinski definition) is 8. The number of imide groups is 2. The summed E-state index contributed by atoms with van der Waals surface area (Å²) in [6.45, 7) is 0.158. The highest BCUT2D eigenvalue weighted by molar-refractivity contribution is 6.32. The van der Waals surface area contributed by atoms with Gasteiger partial charge < -0.3 is 19.7 Å². The summed E-state index contributed by atoms with van der Waals surface area (Å²) in [4.78, 5) is 61.4. The van der Waals surface area contributed by atoms with Crippen molar-refractivity contribution >= 4 is 40.9 Å². The van der Waals surface area contributed by atoms with Gasteiger partial charge in [-0.3, -0.25) is 24.1 Å². The topological polar surface area (TPSA) is 134 Å². The first-order valence-electron chi connectivity index (χ1n) is 17.6. The van der Waals surface area contributed by atoms with E-state index < -0.39 is 46.8 Å². The van der Waals surface area contributed by atoms with E-state index in [0.717, 1.165) is 5.56 Å². The first-order valence-corrected chi connectivity index (χ1v) is 17.9. The van der Waals surface area contributed by atoms with E-state index in [9.17, 15) is 24.6 Å². The molecule has 0 unspecified atom stereocenters. The highest BCUT2D eigenvalue weighted by atomic mass is 35.5. The number of methoxy groups -OCH3 is 2. The van der Waals surface area contributed by atoms with Crippen molar-refractivity contribution in [2.24, 2.45) is 23.7 Å². The first-order chi connectivity index (χ1) is 25.6. The molecule has 3 fully saturated rings. The molecule has 4 amide bonds. The Balaban J connectivity index is 1.32. The van der Waals surface area contributed by atoms with Crippen LogP contribution >= 0.6 is 11.6 Å². The number of rotatable bonds is 8. The van der Waals surface area contributed by atoms with E-state index in [1.165, 1.54) is 30.1 Å². The fraction of sp³-hybridized carbons (Fsp3) is 0.286. The molecular weight excluding hydrogens is 696 g/mol. The lowest BCUT2D eigenvalue weighted by molar-refractivity contribution is -0.140. The predicted molar refractivity (Wildman–Crippen MR) is 196 cm³/mol. The van der Waals surface area contributed by atoms with Gasteiger partial charge in [-0.05, 0) is 66.6 Å². The Kier molecular flexibility index (Phi) is 8.53. The number of halogens is 1. The van der Waals surface area contributed by atoms with E-state index in [1.807, 2.05) is 36.4 Å². The number of carbonyl (C=O) groups is 4. The van der Waals surface area contributed by atoms with Crippen molar-refractivity contribution < 1.29 is 38.9 Å². The second-order valence-corrected chi connectivity index (χ2v) is 14.5. The molecule has 0 aromatic heterocycles. The molecule has 10 nitrogen and oxygen atoms in total. The Labute approximate surface area is 311 Å². The summed E-state index contributed by atoms with van der Waals surface area (Å²) in [5.41, 5.74) is 1.14. The third-order valence-corrected chi connectivity index (χ3v) is 11.9. The van der Waals surface area contributed by atoms with Gasteiger partial charge in [0.15, 0.2) is 0 Å². The lowest BCUT2D eigenvalue weighted by Crippen LogP contribution is -2.53. The molecular formula is C42H37ClN2O8. The van der Waals surface area contributed by atoms with Gasteiger partial charge >= 0.3 is 0 Å². The fourth-order valence-electron chi connectivity index (χ4n) is 9.41. The van der Waals surface area contributed by atoms with Crippen molar-refractivity contribution in [2.75, 3.05) is 25.7 Å². The molecule has 2 aliphatic heterocycles. The quantitative estimate of drug-likeness (QED) is 0.162. The highest BCUT2D eigenvalue weighted by Crippen LogP contribution is 2.66. The molecule has 0 radical (unpaired) electrons. The molecule has 2 saturated heterocycles. The molecule has 2 heterocycles. The summed E-state index contributed by atoms with van der Waals surface area (Å²) in [6.07, 6.45) is 2.70. The van der Waals surface area contributed by atoms with Crippen LogP contribution in [0.2, 0.25) is 5.02 Å². The summed E-state index contributed by atoms with van der Waals surface area (Å²) in [6, 6.07) is 25.4. The molecule has 8 rings (SSSR count). The number of carbonyl (C=O) groups excluding carboxylic acids is 4. The minimum absolute atomic E-state index is 0.115. The van der Waals surface area contributed by atoms with Crippen LogP contribution in [0.15, 0.2) is 103 Å². The Morgan fingerprint density at radius 3 is 2.28 bits per heavy atom. The number of likely N-dealkylation sites (tertiary alicyclic amines) is 1. The molecule has 6 atom stereocenters. The summed E-state index contributed by atoms with van der Waals surface area (Å²) >= 11 is 6.41. The number of allylic oxidation sites excluding steroid dienone is 2. The molecule has 4 aromatic carbocycles. The Hall–Kier alpha value is -5.61. The van der Waals surface area contributed by atoms with Crippen molar-refractivity contribution in [1.82, 2.24) is 4.90 Å². The van der Waals surface area contributed by atoms with Crippen LogP contribution in [0.1, 0.15) is 35.4 Å². The van der Waals surface area contributed by atoms with E-state index in [4.69, 9.17) is 21.1 Å². The zero-order valence-electron chi connectivity index (χ0n) is 29.1. The molecule has 1 saturated carbocycles. The second-order valence-electron chi connectivity index (χ2n) is 14.1. The third-order valence-electron chi connectivity index (χ3n) is 11.7. The van der Waals surface area contributed by atoms with Crippen LogP contribution < -0.4 is 14.4 Å². The maximum atomic E-state index is 15.5. The molecule has 4 aliphatic rings. The third kappa shape index (κ3) is 5.22. The van der Waals surface area contributed by atoms with Crippen molar-refractivity contribution in [3.63, 3.8) is 0 Å². The molecule has 4 aromatic rings. The van der Waals surface area contributed by atoms with Crippen molar-refractivity contribution in [3.8, 4) is 23.0 Å². The molecule has 2 aliphatic carbocycles. The average Bonchev–Trinajstić information content (AvgIpc) is 3.55. The number of anilines is 1. The van der Waals surface area contributed by atoms with Gasteiger partial charge in [0.25, 0.3) is 0 Å². The van der Waals surface area contributed by atoms with Crippen LogP contribution in [0, 0.1) is 23.7 Å². The Morgan fingerprint density at radius 1 is 0.830 bits per heavy atom. The number of benzene rings is 4. The van der Waals surface area contributed by atoms with Gasteiger partial charge in [-0.15, -0.1) is 0 Å². The Bertz CT molecular complexity index is 2190. The van der Waals surface area contributed by atoms with Gasteiger partial charge in [0.2, 0.25) is 23.6 Å². The van der Waals surface area contributed by atoms with E-state index in [2.05, 4.69) is 0 Å². The number of fused-ring (bicyclic) bond motifs is 4. The van der Waals surface area contributed by atoms with E-state index in [1.54, 1.807) is 54.6 Å². The normalized spacial score (nSPS) is 26.2. The standard InChI is InChI=1S/C42H37ClN2O8/c1-52-28-20-33(47)36(34(21-28)53-2)37-29-15-16-30-35(40(50)44(38(30)48)18-17-23-11-13-27(46)14-12-23)31(29)22-32-39(49)45(26-10-6-9-25(43)19-26)41(51)42(32,37)24-7-4-3-5-8-24/h3-15,19-21,30-32,35,37,46-47H,16-18,22H2,1-2H3/t30-,31+,32-,35-,37+,42+/m0/s1. The second kappa shape index (κ2) is 13.1. The maximum absolute atomic E-state index is 15.5. The number of nitrogens with zero attached hydrogens (tertiary/aromatic N) is 2. The summed E-state index contributed by atoms with van der Waals surface area (Å²) in [5, 5.41) is 22.0. The van der Waals surface area contributed by atoms with Crippen molar-refractivity contribution in [1.29, 1.82) is 0 Å². The molecule has 2 N–H and O–H groups in total. The van der Waals surface area contributed by atoms with Crippen LogP contribution in [0.5, 0.6) is 23.0 Å². The van der Waals surface area contributed by atoms with Gasteiger partial charge in [-0.1, -0.05) is 71.8 Å². The molecule has 0 bridgehead atoms. The zero-order valence-corrected chi connectivity index (χ0v) is 29.8. The number of amides is 4. The number of phenolic OH excluding ortho intramolecular Hbond substituents is 2. The van der Waals surface area contributed by atoms with Crippen molar-refractivity contribution in [3.05, 3.63) is 124 Å². The molecule has 11 heteroatoms. The highest BCUT2D eigenvalue weighted by Gasteiger charge is 2.70. The number of ether oxygens (including phenoxy) is 2. The van der Waals surface area contributed by atoms with Crippen molar-refractivity contribution in [2.45, 2.75) is 30.6 Å². The Morgan fingerprint density at radius 2 is 1.58 bits per heavy atom. The largest absolute Gasteiger partial charge is 0.508 e. The summed E-state index contributed by atoms with van der Waals surface area (Å²) in [5.74, 6) is -5.08. The average molecular weight is 733 g/mol. The van der Waals surface area contributed by atoms with Gasteiger partial charge in [-0.2, -0.15) is 0 Å². The lowest BCUT2D eigenvalue weighted by atomic mass is 9.49. The number of aromatic hydroxyl groups is 2. The van der Waals surface area contributed by atoms with Gasteiger partial charge in [0.1, 0.15) is 23.0 Å². The minimum Gasteiger partial charge on any atom is -0.508 e. The lowest BCUT2D eigenvalue weighted by Gasteiger charge is -2.51. The predicted octanol–water partition coefficient (Wildman–Crippen LogP) is 6.17. The van der Waals surface area contributed by atoms with Gasteiger partial charge in [0, 0.05) is 35.2 Å². The first kappa shape index (κ1) is 34.5. The van der Waals surface area contributed by atoms with E-state index in [0.29, 0.717) is 34.0 Å². The number of hydrogen-bond donors (Lipinski definition) is 2. The maximum Gasteiger partial charge on any atom is 0.246 e. The molecule has 0 spiro atoms. The minimum atomic E-state index is -1.58. The van der Waals surface area contributed by atoms with Crippen LogP contribution in [-0.4, -0.2) is 59.5 Å². The smallest absolute Gasteiger partial charge is 0.246 e. The fourth-order valence-corrected chi connectivity index (χ4v) is 9.60. The summed E-state index contributed by atoms with van der Waals surface area (Å²) in [7, 11) is 2.93. The SMILES string of the molecule is COc1cc(O)c([C@H]2C3=CC[C@@H]4C(=O)N(CCc5ccc(O)cc5)C(=O)[C@@H]4[C@@H]3C[C@H]3C(=O)N(c4cccc(Cl)c4)C(=O)[C@@]23c2ccccc2)c(OC)c1. The number of phenols is 2. The van der Waals surface area contributed by atoms with Crippen LogP contribution in [0.25, 0.3) is 0 Å². The van der Waals surface area contributed by atoms with Crippen LogP contribution in [0.3, 0.4) is 0 Å². The van der Waals surface area contributed by atoms with Crippen LogP contribution in [-0.2, 0) is 31.0 Å². The summed E-state index contributed by atoms with van der Waals surface area (Å²) < 4.78 is 11.4.